The third-order valence-electron chi connectivity index (χ3n) is 3.91. The number of hydrogen-bond acceptors (Lipinski definition) is 4. The van der Waals surface area contributed by atoms with E-state index in [-0.39, 0.29) is 5.91 Å². The second-order valence-electron chi connectivity index (χ2n) is 5.47. The molecule has 3 aromatic rings. The Balaban J connectivity index is 1.75. The van der Waals surface area contributed by atoms with E-state index in [4.69, 9.17) is 4.52 Å². The highest BCUT2D eigenvalue weighted by Crippen LogP contribution is 2.29. The van der Waals surface area contributed by atoms with Gasteiger partial charge in [-0.3, -0.25) is 4.79 Å². The first kappa shape index (κ1) is 13.0. The maximum atomic E-state index is 12.3. The highest BCUT2D eigenvalue weighted by molar-refractivity contribution is 6.01. The van der Waals surface area contributed by atoms with Crippen molar-refractivity contribution in [2.24, 2.45) is 0 Å². The van der Waals surface area contributed by atoms with Crippen molar-refractivity contribution in [2.45, 2.75) is 6.10 Å². The van der Waals surface area contributed by atoms with E-state index >= 15 is 0 Å². The van der Waals surface area contributed by atoms with Crippen LogP contribution in [0, 0.1) is 0 Å². The second kappa shape index (κ2) is 4.96. The Hall–Kier alpha value is -2.66. The van der Waals surface area contributed by atoms with Gasteiger partial charge in [0.1, 0.15) is 5.52 Å². The predicted octanol–water partition coefficient (Wildman–Crippen LogP) is 2.31. The summed E-state index contributed by atoms with van der Waals surface area (Å²) in [7, 11) is 0. The van der Waals surface area contributed by atoms with Crippen molar-refractivity contribution in [1.29, 1.82) is 0 Å². The van der Waals surface area contributed by atoms with Gasteiger partial charge < -0.3 is 14.5 Å². The lowest BCUT2D eigenvalue weighted by molar-refractivity contribution is 0.00591. The molecule has 5 heteroatoms. The zero-order chi connectivity index (χ0) is 15.1. The largest absolute Gasteiger partial charge is 0.389 e. The number of carbonyl (C=O) groups is 1. The number of aromatic nitrogens is 1. The van der Waals surface area contributed by atoms with Gasteiger partial charge in [0, 0.05) is 24.2 Å². The average molecular weight is 294 g/mol. The van der Waals surface area contributed by atoms with E-state index in [0.717, 1.165) is 16.5 Å². The van der Waals surface area contributed by atoms with Crippen molar-refractivity contribution < 1.29 is 14.4 Å². The van der Waals surface area contributed by atoms with Crippen molar-refractivity contribution in [3.05, 3.63) is 54.1 Å². The molecule has 0 atom stereocenters. The molecule has 1 aromatic heterocycles. The van der Waals surface area contributed by atoms with Crippen molar-refractivity contribution in [2.75, 3.05) is 13.1 Å². The molecule has 2 aromatic carbocycles. The minimum atomic E-state index is -0.400. The van der Waals surface area contributed by atoms with Gasteiger partial charge in [0.15, 0.2) is 5.76 Å². The van der Waals surface area contributed by atoms with E-state index in [1.807, 2.05) is 30.3 Å². The van der Waals surface area contributed by atoms with Crippen molar-refractivity contribution in [1.82, 2.24) is 10.1 Å². The fraction of sp³-hybridized carbons (Fsp3) is 0.176. The number of fused-ring (bicyclic) bond motifs is 1. The first-order valence-electron chi connectivity index (χ1n) is 7.14. The molecular formula is C17H14N2O3. The van der Waals surface area contributed by atoms with Gasteiger partial charge in [0.2, 0.25) is 0 Å². The topological polar surface area (TPSA) is 66.6 Å². The van der Waals surface area contributed by atoms with Crippen molar-refractivity contribution in [3.63, 3.8) is 0 Å². The first-order chi connectivity index (χ1) is 10.7. The minimum Gasteiger partial charge on any atom is -0.389 e. The number of amides is 1. The van der Waals surface area contributed by atoms with Crippen LogP contribution in [0.1, 0.15) is 10.4 Å². The second-order valence-corrected chi connectivity index (χ2v) is 5.47. The van der Waals surface area contributed by atoms with Crippen LogP contribution in [0.15, 0.2) is 53.1 Å². The van der Waals surface area contributed by atoms with Crippen LogP contribution in [0.4, 0.5) is 0 Å². The molecule has 1 amide bonds. The SMILES string of the molecule is O=C(c1ccc2noc(-c3ccccc3)c2c1)N1CC(O)C1. The summed E-state index contributed by atoms with van der Waals surface area (Å²) in [6.45, 7) is 0.790. The molecule has 2 heterocycles. The Morgan fingerprint density at radius 1 is 1.18 bits per heavy atom. The molecule has 0 radical (unpaired) electrons. The summed E-state index contributed by atoms with van der Waals surface area (Å²) in [6.07, 6.45) is -0.400. The molecule has 0 unspecified atom stereocenters. The van der Waals surface area contributed by atoms with Gasteiger partial charge in [-0.25, -0.2) is 0 Å². The van der Waals surface area contributed by atoms with Crippen LogP contribution < -0.4 is 0 Å². The molecule has 110 valence electrons. The van der Waals surface area contributed by atoms with E-state index < -0.39 is 6.10 Å². The van der Waals surface area contributed by atoms with Gasteiger partial charge >= 0.3 is 0 Å². The summed E-state index contributed by atoms with van der Waals surface area (Å²) in [5.74, 6) is 0.585. The summed E-state index contributed by atoms with van der Waals surface area (Å²) in [5, 5.41) is 14.2. The summed E-state index contributed by atoms with van der Waals surface area (Å²) in [6, 6.07) is 15.0. The Labute approximate surface area is 126 Å². The normalized spacial score (nSPS) is 15.0. The summed E-state index contributed by atoms with van der Waals surface area (Å²) < 4.78 is 5.44. The van der Waals surface area contributed by atoms with Gasteiger partial charge in [0.25, 0.3) is 5.91 Å². The van der Waals surface area contributed by atoms with E-state index in [1.54, 1.807) is 23.1 Å². The highest BCUT2D eigenvalue weighted by Gasteiger charge is 2.29. The van der Waals surface area contributed by atoms with Crippen LogP contribution >= 0.6 is 0 Å². The number of aliphatic hydroxyl groups is 1. The zero-order valence-electron chi connectivity index (χ0n) is 11.8. The van der Waals surface area contributed by atoms with Crippen LogP contribution in [-0.4, -0.2) is 40.3 Å². The van der Waals surface area contributed by atoms with Gasteiger partial charge in [-0.05, 0) is 18.2 Å². The zero-order valence-corrected chi connectivity index (χ0v) is 11.8. The lowest BCUT2D eigenvalue weighted by Crippen LogP contribution is -2.53. The van der Waals surface area contributed by atoms with Gasteiger partial charge in [0.05, 0.1) is 11.5 Å². The molecule has 0 spiro atoms. The molecule has 1 aliphatic heterocycles. The molecule has 1 aliphatic rings. The molecule has 0 aliphatic carbocycles. The first-order valence-corrected chi connectivity index (χ1v) is 7.14. The van der Waals surface area contributed by atoms with E-state index in [0.29, 0.717) is 24.4 Å². The molecular weight excluding hydrogens is 280 g/mol. The maximum Gasteiger partial charge on any atom is 0.254 e. The predicted molar refractivity (Wildman–Crippen MR) is 81.4 cm³/mol. The standard InChI is InChI=1S/C17H14N2O3/c20-13-9-19(10-13)17(21)12-6-7-15-14(8-12)16(22-18-15)11-4-2-1-3-5-11/h1-8,13,20H,9-10H2. The van der Waals surface area contributed by atoms with Crippen LogP contribution in [0.25, 0.3) is 22.2 Å². The Morgan fingerprint density at radius 2 is 1.95 bits per heavy atom. The van der Waals surface area contributed by atoms with Crippen LogP contribution in [-0.2, 0) is 0 Å². The number of rotatable bonds is 2. The Morgan fingerprint density at radius 3 is 2.68 bits per heavy atom. The van der Waals surface area contributed by atoms with Gasteiger partial charge in [-0.2, -0.15) is 0 Å². The van der Waals surface area contributed by atoms with Crippen molar-refractivity contribution >= 4 is 16.8 Å². The molecule has 1 fully saturated rings. The van der Waals surface area contributed by atoms with Crippen LogP contribution in [0.5, 0.6) is 0 Å². The summed E-state index contributed by atoms with van der Waals surface area (Å²) in [4.78, 5) is 14.0. The molecule has 1 N–H and O–H groups in total. The van der Waals surface area contributed by atoms with Crippen LogP contribution in [0.2, 0.25) is 0 Å². The van der Waals surface area contributed by atoms with Gasteiger partial charge in [-0.15, -0.1) is 0 Å². The monoisotopic (exact) mass is 294 g/mol. The number of hydrogen-bond donors (Lipinski definition) is 1. The minimum absolute atomic E-state index is 0.0765. The van der Waals surface area contributed by atoms with E-state index in [9.17, 15) is 9.90 Å². The maximum absolute atomic E-state index is 12.3. The molecule has 1 saturated heterocycles. The average Bonchev–Trinajstić information content (AvgIpc) is 2.95. The summed E-state index contributed by atoms with van der Waals surface area (Å²) >= 11 is 0. The Bertz CT molecular complexity index is 835. The fourth-order valence-corrected chi connectivity index (χ4v) is 2.68. The lowest BCUT2D eigenvalue weighted by Gasteiger charge is -2.35. The number of nitrogens with zero attached hydrogens (tertiary/aromatic N) is 2. The number of aliphatic hydroxyl groups excluding tert-OH is 1. The van der Waals surface area contributed by atoms with E-state index in [2.05, 4.69) is 5.16 Å². The molecule has 0 bridgehead atoms. The van der Waals surface area contributed by atoms with Gasteiger partial charge in [-0.1, -0.05) is 35.5 Å². The molecule has 22 heavy (non-hydrogen) atoms. The molecule has 5 nitrogen and oxygen atoms in total. The highest BCUT2D eigenvalue weighted by atomic mass is 16.5. The third-order valence-corrected chi connectivity index (χ3v) is 3.91. The quantitative estimate of drug-likeness (QED) is 0.787. The number of likely N-dealkylation sites (tertiary alicyclic amines) is 1. The van der Waals surface area contributed by atoms with Crippen molar-refractivity contribution in [3.8, 4) is 11.3 Å². The van der Waals surface area contributed by atoms with Crippen LogP contribution in [0.3, 0.4) is 0 Å². The van der Waals surface area contributed by atoms with E-state index in [1.165, 1.54) is 0 Å². The summed E-state index contributed by atoms with van der Waals surface area (Å²) in [5.41, 5.74) is 2.23. The number of benzene rings is 2. The third kappa shape index (κ3) is 2.07. The molecule has 0 saturated carbocycles. The number of β-amino-alcohol motifs (C(OH)–C–C–N with tert-alkyl or cyclic N) is 1. The smallest absolute Gasteiger partial charge is 0.254 e. The molecule has 4 rings (SSSR count). The Kier molecular flexibility index (Phi) is 2.94. The lowest BCUT2D eigenvalue weighted by atomic mass is 10.0. The fourth-order valence-electron chi connectivity index (χ4n) is 2.68. The number of carbonyl (C=O) groups excluding carboxylic acids is 1.